The van der Waals surface area contributed by atoms with Crippen LogP contribution in [0.4, 0.5) is 0 Å². The van der Waals surface area contributed by atoms with Crippen LogP contribution in [0.2, 0.25) is 0 Å². The van der Waals surface area contributed by atoms with Crippen LogP contribution < -0.4 is 5.73 Å². The van der Waals surface area contributed by atoms with Gasteiger partial charge in [0.05, 0.1) is 6.04 Å². The molecule has 0 spiro atoms. The molecular formula is C10H20N2OS. The van der Waals surface area contributed by atoms with Crippen LogP contribution in [0.15, 0.2) is 0 Å². The molecular weight excluding hydrogens is 196 g/mol. The van der Waals surface area contributed by atoms with Gasteiger partial charge in [-0.25, -0.2) is 0 Å². The van der Waals surface area contributed by atoms with E-state index >= 15 is 0 Å². The second-order valence-corrected chi connectivity index (χ2v) is 5.00. The highest BCUT2D eigenvalue weighted by Crippen LogP contribution is 2.17. The Morgan fingerprint density at radius 2 is 2.43 bits per heavy atom. The van der Waals surface area contributed by atoms with Gasteiger partial charge >= 0.3 is 0 Å². The summed E-state index contributed by atoms with van der Waals surface area (Å²) in [5.74, 6) is 2.24. The summed E-state index contributed by atoms with van der Waals surface area (Å²) in [6.45, 7) is 5.02. The maximum Gasteiger partial charge on any atom is 0.239 e. The van der Waals surface area contributed by atoms with E-state index in [0.717, 1.165) is 30.9 Å². The molecule has 1 amide bonds. The van der Waals surface area contributed by atoms with Crippen molar-refractivity contribution in [1.29, 1.82) is 0 Å². The van der Waals surface area contributed by atoms with Crippen LogP contribution in [-0.2, 0) is 4.79 Å². The van der Waals surface area contributed by atoms with Gasteiger partial charge in [-0.05, 0) is 13.3 Å². The van der Waals surface area contributed by atoms with Crippen molar-refractivity contribution in [2.45, 2.75) is 38.8 Å². The summed E-state index contributed by atoms with van der Waals surface area (Å²) in [4.78, 5) is 13.8. The van der Waals surface area contributed by atoms with Crippen molar-refractivity contribution in [3.8, 4) is 0 Å². The van der Waals surface area contributed by atoms with Gasteiger partial charge in [-0.3, -0.25) is 4.79 Å². The average Bonchev–Trinajstić information content (AvgIpc) is 2.18. The third-order valence-electron chi connectivity index (χ3n) is 2.57. The minimum absolute atomic E-state index is 0.139. The molecule has 0 aromatic heterocycles. The molecule has 82 valence electrons. The van der Waals surface area contributed by atoms with Crippen molar-refractivity contribution in [1.82, 2.24) is 4.90 Å². The number of hydrogen-bond donors (Lipinski definition) is 1. The fourth-order valence-electron chi connectivity index (χ4n) is 1.70. The predicted molar refractivity (Wildman–Crippen MR) is 61.4 cm³/mol. The predicted octanol–water partition coefficient (Wildman–Crippen LogP) is 1.08. The molecule has 1 aliphatic rings. The number of nitrogens with zero attached hydrogens (tertiary/aromatic N) is 1. The number of thioether (sulfide) groups is 1. The van der Waals surface area contributed by atoms with Crippen molar-refractivity contribution < 1.29 is 4.79 Å². The highest BCUT2D eigenvalue weighted by molar-refractivity contribution is 7.99. The smallest absolute Gasteiger partial charge is 0.239 e. The van der Waals surface area contributed by atoms with E-state index in [1.54, 1.807) is 0 Å². The molecule has 1 saturated heterocycles. The molecule has 1 unspecified atom stereocenters. The third kappa shape index (κ3) is 2.89. The number of nitrogens with two attached hydrogens (primary N) is 1. The summed E-state index contributed by atoms with van der Waals surface area (Å²) in [5, 5.41) is 0. The number of hydrogen-bond acceptors (Lipinski definition) is 3. The number of amides is 1. The van der Waals surface area contributed by atoms with Gasteiger partial charge in [0.2, 0.25) is 5.91 Å². The van der Waals surface area contributed by atoms with Crippen molar-refractivity contribution in [2.75, 3.05) is 18.1 Å². The maximum absolute atomic E-state index is 11.9. The second-order valence-electron chi connectivity index (χ2n) is 3.85. The molecule has 1 fully saturated rings. The summed E-state index contributed by atoms with van der Waals surface area (Å²) in [7, 11) is 0. The first kappa shape index (κ1) is 11.9. The summed E-state index contributed by atoms with van der Waals surface area (Å²) < 4.78 is 0. The lowest BCUT2D eigenvalue weighted by Gasteiger charge is -2.34. The van der Waals surface area contributed by atoms with Gasteiger partial charge in [-0.15, -0.1) is 0 Å². The first-order chi connectivity index (χ1) is 6.66. The number of carbonyl (C=O) groups is 1. The van der Waals surface area contributed by atoms with E-state index in [1.165, 1.54) is 0 Å². The van der Waals surface area contributed by atoms with Gasteiger partial charge in [-0.2, -0.15) is 11.8 Å². The van der Waals surface area contributed by atoms with Crippen LogP contribution in [0.5, 0.6) is 0 Å². The summed E-state index contributed by atoms with van der Waals surface area (Å²) in [6, 6.07) is 0.0645. The lowest BCUT2D eigenvalue weighted by molar-refractivity contribution is -0.134. The Morgan fingerprint density at radius 3 is 3.00 bits per heavy atom. The van der Waals surface area contributed by atoms with E-state index < -0.39 is 0 Å². The van der Waals surface area contributed by atoms with Gasteiger partial charge in [0.15, 0.2) is 0 Å². The van der Waals surface area contributed by atoms with Crippen LogP contribution in [-0.4, -0.2) is 40.9 Å². The van der Waals surface area contributed by atoms with Crippen LogP contribution in [0.1, 0.15) is 26.7 Å². The average molecular weight is 216 g/mol. The number of carbonyl (C=O) groups excluding carboxylic acids is 1. The molecule has 3 nitrogen and oxygen atoms in total. The zero-order chi connectivity index (χ0) is 10.6. The van der Waals surface area contributed by atoms with Crippen LogP contribution >= 0.6 is 11.8 Å². The summed E-state index contributed by atoms with van der Waals surface area (Å²) in [6.07, 6.45) is 1.78. The molecule has 4 heteroatoms. The third-order valence-corrected chi connectivity index (χ3v) is 3.76. The maximum atomic E-state index is 11.9. The van der Waals surface area contributed by atoms with E-state index in [-0.39, 0.29) is 11.9 Å². The molecule has 0 aromatic rings. The first-order valence-electron chi connectivity index (χ1n) is 5.30. The minimum atomic E-state index is -0.287. The summed E-state index contributed by atoms with van der Waals surface area (Å²) >= 11 is 1.91. The Morgan fingerprint density at radius 1 is 1.71 bits per heavy atom. The van der Waals surface area contributed by atoms with Gasteiger partial charge in [0, 0.05) is 24.1 Å². The lowest BCUT2D eigenvalue weighted by atomic mass is 10.1. The molecule has 2 N–H and O–H groups in total. The topological polar surface area (TPSA) is 46.3 Å². The van der Waals surface area contributed by atoms with Gasteiger partial charge in [0.25, 0.3) is 0 Å². The molecule has 0 aromatic carbocycles. The van der Waals surface area contributed by atoms with E-state index in [2.05, 4.69) is 13.8 Å². The fourth-order valence-corrected chi connectivity index (χ4v) is 2.72. The molecule has 2 atom stereocenters. The van der Waals surface area contributed by atoms with Gasteiger partial charge < -0.3 is 10.6 Å². The lowest BCUT2D eigenvalue weighted by Crippen LogP contribution is -2.51. The fraction of sp³-hybridized carbons (Fsp3) is 0.900. The van der Waals surface area contributed by atoms with E-state index in [1.807, 2.05) is 16.7 Å². The highest BCUT2D eigenvalue weighted by atomic mass is 32.2. The Hall–Kier alpha value is -0.220. The first-order valence-corrected chi connectivity index (χ1v) is 6.46. The molecule has 14 heavy (non-hydrogen) atoms. The second kappa shape index (κ2) is 5.61. The van der Waals surface area contributed by atoms with Crippen molar-refractivity contribution in [2.24, 2.45) is 5.73 Å². The standard InChI is InChI=1S/C10H20N2OS/c1-3-4-9(11)10(13)12-5-6-14-7-8(12)2/h8-9H,3-7,11H2,1-2H3/t8?,9-/m0/s1. The quantitative estimate of drug-likeness (QED) is 0.768. The van der Waals surface area contributed by atoms with Crippen LogP contribution in [0, 0.1) is 0 Å². The molecule has 1 heterocycles. The molecule has 0 saturated carbocycles. The van der Waals surface area contributed by atoms with Crippen LogP contribution in [0.3, 0.4) is 0 Å². The monoisotopic (exact) mass is 216 g/mol. The van der Waals surface area contributed by atoms with Crippen molar-refractivity contribution >= 4 is 17.7 Å². The van der Waals surface area contributed by atoms with Gasteiger partial charge in [0.1, 0.15) is 0 Å². The molecule has 0 aliphatic carbocycles. The Labute approximate surface area is 90.4 Å². The highest BCUT2D eigenvalue weighted by Gasteiger charge is 2.26. The van der Waals surface area contributed by atoms with E-state index in [4.69, 9.17) is 5.73 Å². The number of rotatable bonds is 3. The molecule has 0 radical (unpaired) electrons. The van der Waals surface area contributed by atoms with Crippen molar-refractivity contribution in [3.63, 3.8) is 0 Å². The van der Waals surface area contributed by atoms with Crippen LogP contribution in [0.25, 0.3) is 0 Å². The largest absolute Gasteiger partial charge is 0.337 e. The Bertz CT molecular complexity index is 199. The summed E-state index contributed by atoms with van der Waals surface area (Å²) in [5.41, 5.74) is 5.82. The zero-order valence-corrected chi connectivity index (χ0v) is 9.85. The normalized spacial score (nSPS) is 24.8. The van der Waals surface area contributed by atoms with E-state index in [9.17, 15) is 4.79 Å². The zero-order valence-electron chi connectivity index (χ0n) is 9.03. The van der Waals surface area contributed by atoms with E-state index in [0.29, 0.717) is 6.04 Å². The molecule has 1 aliphatic heterocycles. The van der Waals surface area contributed by atoms with Crippen molar-refractivity contribution in [3.05, 3.63) is 0 Å². The Balaban J connectivity index is 2.49. The molecule has 1 rings (SSSR count). The Kier molecular flexibility index (Phi) is 4.75. The molecule has 0 bridgehead atoms. The van der Waals surface area contributed by atoms with Gasteiger partial charge in [-0.1, -0.05) is 13.3 Å². The SMILES string of the molecule is CCC[C@H](N)C(=O)N1CCSCC1C. The minimum Gasteiger partial charge on any atom is -0.337 e.